The summed E-state index contributed by atoms with van der Waals surface area (Å²) in [7, 11) is 11.8. The summed E-state index contributed by atoms with van der Waals surface area (Å²) in [5.41, 5.74) is 7.65. The Balaban J connectivity index is 0.000000130. The quantitative estimate of drug-likeness (QED) is 0.389. The molecule has 5 aliphatic rings. The minimum absolute atomic E-state index is 0.0617. The Morgan fingerprint density at radius 2 is 1.44 bits per heavy atom. The molecule has 10 nitrogen and oxygen atoms in total. The first-order valence-corrected chi connectivity index (χ1v) is 17.4. The molecule has 2 N–H and O–H groups in total. The van der Waals surface area contributed by atoms with E-state index in [0.29, 0.717) is 12.3 Å². The van der Waals surface area contributed by atoms with E-state index < -0.39 is 5.41 Å². The number of anilines is 3. The zero-order valence-corrected chi connectivity index (χ0v) is 31.0. The first kappa shape index (κ1) is 35.5. The highest BCUT2D eigenvalue weighted by molar-refractivity contribution is 6.07. The number of amides is 1. The van der Waals surface area contributed by atoms with Crippen LogP contribution in [0.3, 0.4) is 0 Å². The molecule has 50 heavy (non-hydrogen) atoms. The van der Waals surface area contributed by atoms with Crippen LogP contribution in [0, 0.1) is 11.3 Å². The first-order valence-electron chi connectivity index (χ1n) is 17.4. The number of carbonyl (C=O) groups excluding carboxylic acids is 1. The summed E-state index contributed by atoms with van der Waals surface area (Å²) in [6.45, 7) is 8.71. The number of carbonyl (C=O) groups is 1. The largest absolute Gasteiger partial charge is 0.497 e. The predicted molar refractivity (Wildman–Crippen MR) is 198 cm³/mol. The van der Waals surface area contributed by atoms with Crippen LogP contribution in [0.1, 0.15) is 62.3 Å². The van der Waals surface area contributed by atoms with E-state index in [1.54, 1.807) is 39.2 Å². The normalized spacial score (nSPS) is 28.4. The van der Waals surface area contributed by atoms with Gasteiger partial charge in [0.2, 0.25) is 5.91 Å². The number of methoxy groups -OCH3 is 2. The minimum atomic E-state index is -0.788. The van der Waals surface area contributed by atoms with Crippen molar-refractivity contribution in [1.82, 2.24) is 10.2 Å². The highest BCUT2D eigenvalue weighted by atomic mass is 16.5. The molecule has 0 spiro atoms. The standard InChI is InChI=1S/C14H20N2O.C13H14N2O2.C13H18N2O/c1-14-7-8-15(2)13(14)16(3)12-6-5-10(17-4)9-11(12)14;1-13(5-6-14)10-7-9(8-16)3-4-11(10)15(2)12(13)17;1-13-6-7-14-12(13)15(2)11-5-4-9(16-3)8-10(11)13/h5-6,9,13H,7-8H2,1-4H3;3-4,7,16H,5,8H2,1-2H3;4-5,8,12,14H,6-7H2,1-3H3/t13?,14-;13-;12?,13-/m111/s1. The molecule has 10 heteroatoms. The average Bonchev–Trinajstić information content (AvgIpc) is 3.84. The lowest BCUT2D eigenvalue weighted by molar-refractivity contribution is -0.122. The maximum atomic E-state index is 12.2. The van der Waals surface area contributed by atoms with Crippen LogP contribution in [-0.4, -0.2) is 83.7 Å². The van der Waals surface area contributed by atoms with Crippen molar-refractivity contribution in [3.05, 3.63) is 76.9 Å². The van der Waals surface area contributed by atoms with Crippen LogP contribution < -0.4 is 29.5 Å². The Bertz CT molecular complexity index is 1830. The van der Waals surface area contributed by atoms with Crippen LogP contribution in [0.5, 0.6) is 11.5 Å². The molecule has 2 saturated heterocycles. The Kier molecular flexibility index (Phi) is 9.31. The van der Waals surface area contributed by atoms with Crippen molar-refractivity contribution >= 4 is 23.0 Å². The summed E-state index contributed by atoms with van der Waals surface area (Å²) in [5.74, 6) is 1.86. The molecule has 266 valence electrons. The fourth-order valence-corrected chi connectivity index (χ4v) is 9.24. The summed E-state index contributed by atoms with van der Waals surface area (Å²) in [6.07, 6.45) is 3.50. The number of hydrogen-bond donors (Lipinski definition) is 2. The van der Waals surface area contributed by atoms with Crippen LogP contribution in [-0.2, 0) is 27.6 Å². The third kappa shape index (κ3) is 5.38. The van der Waals surface area contributed by atoms with Gasteiger partial charge in [0.05, 0.1) is 51.1 Å². The molecular weight excluding hydrogens is 628 g/mol. The highest BCUT2D eigenvalue weighted by Gasteiger charge is 2.52. The minimum Gasteiger partial charge on any atom is -0.497 e. The molecule has 2 fully saturated rings. The van der Waals surface area contributed by atoms with E-state index in [4.69, 9.17) is 19.8 Å². The third-order valence-corrected chi connectivity index (χ3v) is 12.1. The highest BCUT2D eigenvalue weighted by Crippen LogP contribution is 2.52. The molecular formula is C40H52N6O4. The van der Waals surface area contributed by atoms with Gasteiger partial charge >= 0.3 is 0 Å². The van der Waals surface area contributed by atoms with Crippen molar-refractivity contribution < 1.29 is 19.4 Å². The molecule has 3 aromatic carbocycles. The van der Waals surface area contributed by atoms with Gasteiger partial charge in [0.25, 0.3) is 0 Å². The molecule has 0 radical (unpaired) electrons. The summed E-state index contributed by atoms with van der Waals surface area (Å²) in [4.78, 5) is 21.0. The van der Waals surface area contributed by atoms with Crippen LogP contribution in [0.2, 0.25) is 0 Å². The molecule has 3 aromatic rings. The second kappa shape index (κ2) is 13.1. The van der Waals surface area contributed by atoms with Crippen molar-refractivity contribution in [1.29, 1.82) is 5.26 Å². The maximum Gasteiger partial charge on any atom is 0.238 e. The van der Waals surface area contributed by atoms with Gasteiger partial charge in [-0.15, -0.1) is 0 Å². The fourth-order valence-electron chi connectivity index (χ4n) is 9.24. The summed E-state index contributed by atoms with van der Waals surface area (Å²) in [6, 6.07) is 20.4. The number of likely N-dealkylation sites (tertiary alicyclic amines) is 1. The van der Waals surface area contributed by atoms with Gasteiger partial charge < -0.3 is 29.3 Å². The number of aliphatic hydroxyl groups excluding tert-OH is 1. The Morgan fingerprint density at radius 3 is 2.04 bits per heavy atom. The van der Waals surface area contributed by atoms with Gasteiger partial charge in [0, 0.05) is 55.6 Å². The second-order valence-electron chi connectivity index (χ2n) is 15.1. The number of benzene rings is 3. The maximum absolute atomic E-state index is 12.2. The molecule has 5 atom stereocenters. The zero-order chi connectivity index (χ0) is 36.2. The van der Waals surface area contributed by atoms with Crippen LogP contribution in [0.25, 0.3) is 0 Å². The van der Waals surface area contributed by atoms with Crippen LogP contribution >= 0.6 is 0 Å². The van der Waals surface area contributed by atoms with Crippen molar-refractivity contribution in [2.75, 3.05) is 70.2 Å². The van der Waals surface area contributed by atoms with Gasteiger partial charge in [-0.3, -0.25) is 15.0 Å². The van der Waals surface area contributed by atoms with Crippen LogP contribution in [0.15, 0.2) is 54.6 Å². The van der Waals surface area contributed by atoms with Gasteiger partial charge in [-0.1, -0.05) is 26.0 Å². The molecule has 0 saturated carbocycles. The molecule has 0 bridgehead atoms. The third-order valence-electron chi connectivity index (χ3n) is 12.1. The van der Waals surface area contributed by atoms with Crippen molar-refractivity contribution in [2.45, 2.75) is 75.2 Å². The van der Waals surface area contributed by atoms with E-state index in [1.807, 2.05) is 18.2 Å². The lowest BCUT2D eigenvalue weighted by Crippen LogP contribution is -2.45. The van der Waals surface area contributed by atoms with Gasteiger partial charge in [-0.2, -0.15) is 5.26 Å². The van der Waals surface area contributed by atoms with E-state index >= 15 is 0 Å². The van der Waals surface area contributed by atoms with Crippen molar-refractivity contribution in [3.63, 3.8) is 0 Å². The van der Waals surface area contributed by atoms with Crippen molar-refractivity contribution in [3.8, 4) is 17.6 Å². The predicted octanol–water partition coefficient (Wildman–Crippen LogP) is 5.11. The first-order chi connectivity index (χ1) is 23.8. The number of hydrogen-bond acceptors (Lipinski definition) is 9. The van der Waals surface area contributed by atoms with Crippen LogP contribution in [0.4, 0.5) is 17.1 Å². The van der Waals surface area contributed by atoms with Gasteiger partial charge in [0.15, 0.2) is 0 Å². The van der Waals surface area contributed by atoms with Crippen molar-refractivity contribution in [2.24, 2.45) is 0 Å². The van der Waals surface area contributed by atoms with E-state index in [9.17, 15) is 4.79 Å². The van der Waals surface area contributed by atoms with E-state index in [2.05, 4.69) is 91.4 Å². The number of aliphatic hydroxyl groups is 1. The summed E-state index contributed by atoms with van der Waals surface area (Å²) in [5, 5.41) is 21.6. The number of fused-ring (bicyclic) bond motifs is 7. The number of rotatable bonds is 4. The fraction of sp³-hybridized carbons (Fsp3) is 0.500. The van der Waals surface area contributed by atoms with E-state index in [0.717, 1.165) is 34.9 Å². The Labute approximate surface area is 297 Å². The number of nitrogens with one attached hydrogen (secondary N) is 1. The van der Waals surface area contributed by atoms with Gasteiger partial charge in [-0.25, -0.2) is 0 Å². The molecule has 2 unspecified atom stereocenters. The van der Waals surface area contributed by atoms with Gasteiger partial charge in [-0.05, 0) is 98.1 Å². The van der Waals surface area contributed by atoms with Gasteiger partial charge in [0.1, 0.15) is 11.5 Å². The summed E-state index contributed by atoms with van der Waals surface area (Å²) < 4.78 is 10.7. The molecule has 0 aromatic heterocycles. The SMILES string of the molecule is CN1C(=O)[C@](C)(CC#N)c2cc(CO)ccc21.COc1ccc2c(c1)[C@@]1(C)CCN(C)C1N2C.COc1ccc2c(c1)[C@@]1(C)CCNC1N2C. The number of ether oxygens (including phenoxy) is 2. The van der Waals surface area contributed by atoms with E-state index in [-0.39, 0.29) is 29.8 Å². The average molecular weight is 681 g/mol. The monoisotopic (exact) mass is 680 g/mol. The molecule has 0 aliphatic carbocycles. The number of nitriles is 1. The molecule has 8 rings (SSSR count). The Morgan fingerprint density at radius 1 is 0.840 bits per heavy atom. The lowest BCUT2D eigenvalue weighted by atomic mass is 9.80. The summed E-state index contributed by atoms with van der Waals surface area (Å²) >= 11 is 0. The Hall–Kier alpha value is -4.30. The smallest absolute Gasteiger partial charge is 0.238 e. The zero-order valence-electron chi connectivity index (χ0n) is 31.0. The number of likely N-dealkylation sites (N-methyl/N-ethyl adjacent to an activating group) is 4. The topological polar surface area (TPSA) is 105 Å². The lowest BCUT2D eigenvalue weighted by Gasteiger charge is -2.32. The molecule has 5 heterocycles. The second-order valence-corrected chi connectivity index (χ2v) is 15.1. The number of nitrogens with zero attached hydrogens (tertiary/aromatic N) is 5. The molecule has 5 aliphatic heterocycles. The van der Waals surface area contributed by atoms with E-state index in [1.165, 1.54) is 41.9 Å². The molecule has 1 amide bonds.